The number of carboxylic acid groups (broad SMARTS) is 2. The first-order valence-electron chi connectivity index (χ1n) is 25.3. The fourth-order valence-corrected chi connectivity index (χ4v) is 8.51. The van der Waals surface area contributed by atoms with Crippen LogP contribution in [0.25, 0.3) is 0 Å². The largest absolute Gasteiger partial charge is 0.481 e. The van der Waals surface area contributed by atoms with Gasteiger partial charge in [-0.25, -0.2) is 4.57 Å². The third-order valence-corrected chi connectivity index (χ3v) is 13.1. The highest BCUT2D eigenvalue weighted by Crippen LogP contribution is 2.43. The van der Waals surface area contributed by atoms with Crippen LogP contribution in [0.2, 0.25) is 0 Å². The number of hydrogen-bond acceptors (Lipinski definition) is 13. The third kappa shape index (κ3) is 41.9. The van der Waals surface area contributed by atoms with Gasteiger partial charge in [-0.15, -0.1) is 11.8 Å². The molecule has 0 aliphatic carbocycles. The van der Waals surface area contributed by atoms with Crippen LogP contribution in [-0.4, -0.2) is 99.2 Å². The molecule has 0 fully saturated rings. The number of phosphoric acid groups is 1. The Morgan fingerprint density at radius 2 is 1.15 bits per heavy atom. The van der Waals surface area contributed by atoms with E-state index in [-0.39, 0.29) is 31.4 Å². The summed E-state index contributed by atoms with van der Waals surface area (Å²) in [5.41, 5.74) is 11.6. The number of hydrogen-bond donors (Lipinski definition) is 6. The number of aliphatic carboxylic acids is 2. The number of carbonyl (C=O) groups is 4. The van der Waals surface area contributed by atoms with Crippen LogP contribution in [0.5, 0.6) is 0 Å². The highest BCUT2D eigenvalue weighted by atomic mass is 32.2. The number of esters is 2. The first kappa shape index (κ1) is 64.9. The number of carbonyl (C=O) groups excluding carboxylic acids is 2. The van der Waals surface area contributed by atoms with Crippen LogP contribution in [0.1, 0.15) is 181 Å². The molecule has 8 N–H and O–H groups in total. The second kappa shape index (κ2) is 45.1. The minimum atomic E-state index is -4.88. The van der Waals surface area contributed by atoms with E-state index in [9.17, 15) is 33.7 Å². The minimum Gasteiger partial charge on any atom is -0.481 e. The van der Waals surface area contributed by atoms with Crippen molar-refractivity contribution in [3.63, 3.8) is 0 Å². The zero-order valence-corrected chi connectivity index (χ0v) is 43.1. The molecule has 15 nitrogen and oxygen atoms in total. The highest BCUT2D eigenvalue weighted by molar-refractivity contribution is 8.00. The van der Waals surface area contributed by atoms with E-state index in [1.165, 1.54) is 89.9 Å². The van der Waals surface area contributed by atoms with Crippen LogP contribution in [0.4, 0.5) is 0 Å². The predicted octanol–water partition coefficient (Wildman–Crippen LogP) is 10.8. The molecule has 0 aromatic carbocycles. The maximum absolute atomic E-state index is 13.2. The monoisotopic (exact) mass is 1000 g/mol. The number of aliphatic hydroxyl groups excluding tert-OH is 1. The zero-order chi connectivity index (χ0) is 50.5. The minimum absolute atomic E-state index is 0.0446. The van der Waals surface area contributed by atoms with Crippen molar-refractivity contribution < 1.29 is 62.5 Å². The van der Waals surface area contributed by atoms with E-state index in [1.807, 2.05) is 18.2 Å². The lowest BCUT2D eigenvalue weighted by atomic mass is 10.1. The number of ether oxygens (including phenoxy) is 2. The molecule has 6 atom stereocenters. The van der Waals surface area contributed by atoms with Gasteiger partial charge < -0.3 is 41.2 Å². The molecular formula is C51H89N2O13PS. The maximum Gasteiger partial charge on any atom is 0.472 e. The van der Waals surface area contributed by atoms with Crippen molar-refractivity contribution in [3.8, 4) is 0 Å². The quantitative estimate of drug-likeness (QED) is 0.0109. The van der Waals surface area contributed by atoms with E-state index in [0.717, 1.165) is 56.7 Å². The van der Waals surface area contributed by atoms with Gasteiger partial charge in [-0.2, -0.15) is 0 Å². The number of thioether (sulfide) groups is 1. The van der Waals surface area contributed by atoms with Crippen molar-refractivity contribution in [3.05, 3.63) is 60.8 Å². The van der Waals surface area contributed by atoms with Gasteiger partial charge in [0.05, 0.1) is 19.3 Å². The predicted molar refractivity (Wildman–Crippen MR) is 273 cm³/mol. The summed E-state index contributed by atoms with van der Waals surface area (Å²) in [5, 5.41) is 28.4. The van der Waals surface area contributed by atoms with Gasteiger partial charge in [0.1, 0.15) is 18.7 Å². The normalized spacial score (nSPS) is 15.3. The molecule has 0 radical (unpaired) electrons. The summed E-state index contributed by atoms with van der Waals surface area (Å²) in [6.07, 6.45) is 43.3. The van der Waals surface area contributed by atoms with Crippen LogP contribution in [-0.2, 0) is 42.3 Å². The van der Waals surface area contributed by atoms with Gasteiger partial charge in [0.2, 0.25) is 0 Å². The van der Waals surface area contributed by atoms with Crippen molar-refractivity contribution in [1.29, 1.82) is 0 Å². The summed E-state index contributed by atoms with van der Waals surface area (Å²) >= 11 is 1.15. The third-order valence-electron chi connectivity index (χ3n) is 10.7. The van der Waals surface area contributed by atoms with Gasteiger partial charge >= 0.3 is 31.7 Å². The van der Waals surface area contributed by atoms with Gasteiger partial charge in [-0.1, -0.05) is 164 Å². The van der Waals surface area contributed by atoms with Crippen molar-refractivity contribution in [1.82, 2.24) is 0 Å². The average molecular weight is 1000 g/mol. The summed E-state index contributed by atoms with van der Waals surface area (Å²) in [4.78, 5) is 58.1. The molecule has 0 aromatic heterocycles. The van der Waals surface area contributed by atoms with Gasteiger partial charge in [-0.05, 0) is 64.2 Å². The van der Waals surface area contributed by atoms with Crippen LogP contribution in [0.15, 0.2) is 60.8 Å². The molecule has 0 saturated carbocycles. The van der Waals surface area contributed by atoms with E-state index in [4.69, 9.17) is 35.7 Å². The van der Waals surface area contributed by atoms with Gasteiger partial charge in [-0.3, -0.25) is 28.2 Å². The van der Waals surface area contributed by atoms with Crippen molar-refractivity contribution in [2.24, 2.45) is 11.5 Å². The number of carboxylic acids is 2. The number of allylic oxidation sites excluding steroid dienone is 9. The number of phosphoric ester groups is 1. The van der Waals surface area contributed by atoms with E-state index in [2.05, 4.69) is 42.7 Å². The molecule has 68 heavy (non-hydrogen) atoms. The van der Waals surface area contributed by atoms with Crippen LogP contribution >= 0.6 is 19.6 Å². The summed E-state index contributed by atoms with van der Waals surface area (Å²) in [6.45, 7) is 2.27. The molecule has 0 aromatic rings. The zero-order valence-electron chi connectivity index (χ0n) is 41.3. The van der Waals surface area contributed by atoms with Gasteiger partial charge in [0.15, 0.2) is 6.10 Å². The smallest absolute Gasteiger partial charge is 0.472 e. The molecule has 0 heterocycles. The molecular weight excluding hydrogens is 912 g/mol. The Morgan fingerprint density at radius 3 is 1.75 bits per heavy atom. The molecule has 1 unspecified atom stereocenters. The summed E-state index contributed by atoms with van der Waals surface area (Å²) in [7, 11) is -4.88. The molecule has 0 aliphatic heterocycles. The fraction of sp³-hybridized carbons (Fsp3) is 0.725. The van der Waals surface area contributed by atoms with Gasteiger partial charge in [0, 0.05) is 23.8 Å². The van der Waals surface area contributed by atoms with E-state index < -0.39 is 81.1 Å². The molecule has 0 aliphatic rings. The van der Waals surface area contributed by atoms with Crippen LogP contribution in [0.3, 0.4) is 0 Å². The average Bonchev–Trinajstić information content (AvgIpc) is 3.30. The van der Waals surface area contributed by atoms with Gasteiger partial charge in [0.25, 0.3) is 0 Å². The molecule has 392 valence electrons. The van der Waals surface area contributed by atoms with E-state index in [1.54, 1.807) is 18.2 Å². The molecule has 0 amide bonds. The first-order valence-corrected chi connectivity index (χ1v) is 27.8. The van der Waals surface area contributed by atoms with Crippen molar-refractivity contribution in [2.45, 2.75) is 210 Å². The Kier molecular flexibility index (Phi) is 43.0. The number of nitrogens with two attached hydrogens (primary N) is 2. The lowest BCUT2D eigenvalue weighted by Crippen LogP contribution is -2.40. The van der Waals surface area contributed by atoms with Crippen molar-refractivity contribution >= 4 is 43.5 Å². The van der Waals surface area contributed by atoms with E-state index in [0.29, 0.717) is 6.42 Å². The maximum atomic E-state index is 13.2. The second-order valence-corrected chi connectivity index (χ2v) is 19.8. The molecule has 0 spiro atoms. The van der Waals surface area contributed by atoms with Crippen molar-refractivity contribution in [2.75, 3.05) is 25.6 Å². The number of rotatable bonds is 47. The van der Waals surface area contributed by atoms with Crippen LogP contribution in [0, 0.1) is 0 Å². The molecule has 0 saturated heterocycles. The van der Waals surface area contributed by atoms with E-state index >= 15 is 0 Å². The molecule has 0 bridgehead atoms. The second-order valence-electron chi connectivity index (χ2n) is 17.2. The SMILES string of the molecule is CCCCC/C=C\C\C=C/C=C/C=C/[C@@H](SC[C@H](N)C(=O)O[C@H](COC(=O)CCCCCCCCCCC/C=C\CCCCCCCC)COP(=O)(O)OC[C@H](N)C(=O)O)[C@@H](O)CCCC(=O)O. The first-order chi connectivity index (χ1) is 32.7. The number of unbranched alkanes of at least 4 members (excludes halogenated alkanes) is 18. The number of aliphatic hydroxyl groups is 1. The Bertz CT molecular complexity index is 1510. The fourth-order valence-electron chi connectivity index (χ4n) is 6.60. The standard InChI is InChI=1S/C51H89N2O13PS/c1-3-5-7-9-11-13-15-17-18-19-20-21-22-23-25-27-29-31-33-38-49(57)63-39-43(40-64-67(61,62)65-41-44(52)50(58)59)66-51(60)45(53)42-68-47(46(54)35-34-37-48(55)56)36-32-30-28-26-24-16-14-12-10-8-6-4-2/h12,14,17-18,24,26,28,30,32,36,43-47,54H,3-11,13,15-16,19-23,25,27,29,31,33-35,37-42,52-53H2,1-2H3,(H,55,56)(H,58,59)(H,61,62)/b14-12-,18-17-,26-24-,30-28+,36-32+/t43-,44+,45+,46+,47-/m1/s1. The Labute approximate surface area is 412 Å². The Morgan fingerprint density at radius 1 is 0.618 bits per heavy atom. The Balaban J connectivity index is 5.11. The summed E-state index contributed by atoms with van der Waals surface area (Å²) < 4.78 is 32.9. The Hall–Kier alpha value is -3.08. The lowest BCUT2D eigenvalue weighted by molar-refractivity contribution is -0.161. The van der Waals surface area contributed by atoms with Crippen LogP contribution < -0.4 is 11.5 Å². The summed E-state index contributed by atoms with van der Waals surface area (Å²) in [5.74, 6) is -4.01. The topological polar surface area (TPSA) is 255 Å². The molecule has 0 rings (SSSR count). The molecule has 17 heteroatoms. The highest BCUT2D eigenvalue weighted by Gasteiger charge is 2.30. The lowest BCUT2D eigenvalue weighted by Gasteiger charge is -2.23. The summed E-state index contributed by atoms with van der Waals surface area (Å²) in [6, 6.07) is -2.87.